The quantitative estimate of drug-likeness (QED) is 0.835. The number of nitrogens with zero attached hydrogens (tertiary/aromatic N) is 2. The summed E-state index contributed by atoms with van der Waals surface area (Å²) in [5.41, 5.74) is 0.825. The van der Waals surface area contributed by atoms with Crippen molar-refractivity contribution in [2.24, 2.45) is 0 Å². The molecule has 0 aliphatic carbocycles. The Morgan fingerprint density at radius 2 is 2.42 bits per heavy atom. The standard InChI is InChI=1S/C14H18N2O2S/c17-14(12-4-2-7-18-10-12)16-6-1-3-11(9-16)13-15-5-8-19-13/h5,8,10-11H,1-4,6-7,9H2. The summed E-state index contributed by atoms with van der Waals surface area (Å²) in [6, 6.07) is 0. The number of aromatic nitrogens is 1. The summed E-state index contributed by atoms with van der Waals surface area (Å²) in [6.07, 6.45) is 7.48. The van der Waals surface area contributed by atoms with E-state index in [4.69, 9.17) is 4.74 Å². The van der Waals surface area contributed by atoms with Crippen LogP contribution in [-0.4, -0.2) is 35.5 Å². The van der Waals surface area contributed by atoms with Crippen LogP contribution in [0, 0.1) is 0 Å². The van der Waals surface area contributed by atoms with Gasteiger partial charge in [-0.1, -0.05) is 0 Å². The number of carbonyl (C=O) groups excluding carboxylic acids is 1. The van der Waals surface area contributed by atoms with Crippen LogP contribution in [0.5, 0.6) is 0 Å². The minimum Gasteiger partial charge on any atom is -0.501 e. The molecule has 1 atom stereocenters. The van der Waals surface area contributed by atoms with Crippen LogP contribution in [0.15, 0.2) is 23.4 Å². The van der Waals surface area contributed by atoms with E-state index in [0.29, 0.717) is 5.92 Å². The predicted octanol–water partition coefficient (Wildman–Crippen LogP) is 2.54. The average Bonchev–Trinajstić information content (AvgIpc) is 3.02. The van der Waals surface area contributed by atoms with E-state index in [-0.39, 0.29) is 5.91 Å². The molecule has 1 saturated heterocycles. The van der Waals surface area contributed by atoms with Crippen LogP contribution in [-0.2, 0) is 9.53 Å². The second kappa shape index (κ2) is 5.74. The lowest BCUT2D eigenvalue weighted by Crippen LogP contribution is -2.40. The largest absolute Gasteiger partial charge is 0.501 e. The molecule has 1 amide bonds. The molecule has 0 saturated carbocycles. The highest BCUT2D eigenvalue weighted by Crippen LogP contribution is 2.29. The number of carbonyl (C=O) groups is 1. The lowest BCUT2D eigenvalue weighted by Gasteiger charge is -2.32. The molecular weight excluding hydrogens is 260 g/mol. The van der Waals surface area contributed by atoms with Crippen LogP contribution < -0.4 is 0 Å². The summed E-state index contributed by atoms with van der Waals surface area (Å²) in [7, 11) is 0. The molecule has 4 nitrogen and oxygen atoms in total. The summed E-state index contributed by atoms with van der Waals surface area (Å²) >= 11 is 1.69. The topological polar surface area (TPSA) is 42.4 Å². The molecular formula is C14H18N2O2S. The van der Waals surface area contributed by atoms with Crippen molar-refractivity contribution in [1.82, 2.24) is 9.88 Å². The summed E-state index contributed by atoms with van der Waals surface area (Å²) in [4.78, 5) is 18.8. The number of hydrogen-bond donors (Lipinski definition) is 0. The van der Waals surface area contributed by atoms with Crippen molar-refractivity contribution in [3.63, 3.8) is 0 Å². The number of rotatable bonds is 2. The van der Waals surface area contributed by atoms with E-state index in [0.717, 1.165) is 56.0 Å². The van der Waals surface area contributed by atoms with Gasteiger partial charge in [-0.15, -0.1) is 11.3 Å². The first-order valence-corrected chi connectivity index (χ1v) is 7.72. The first kappa shape index (κ1) is 12.7. The molecule has 19 heavy (non-hydrogen) atoms. The minimum atomic E-state index is 0.154. The average molecular weight is 278 g/mol. The summed E-state index contributed by atoms with van der Waals surface area (Å²) in [5, 5.41) is 3.17. The molecule has 2 aliphatic rings. The fraction of sp³-hybridized carbons (Fsp3) is 0.571. The van der Waals surface area contributed by atoms with Crippen molar-refractivity contribution in [1.29, 1.82) is 0 Å². The second-order valence-electron chi connectivity index (χ2n) is 5.08. The van der Waals surface area contributed by atoms with Gasteiger partial charge >= 0.3 is 0 Å². The molecule has 0 bridgehead atoms. The Morgan fingerprint density at radius 3 is 3.16 bits per heavy atom. The van der Waals surface area contributed by atoms with Crippen molar-refractivity contribution >= 4 is 17.2 Å². The maximum atomic E-state index is 12.4. The summed E-state index contributed by atoms with van der Waals surface area (Å²) in [6.45, 7) is 2.39. The van der Waals surface area contributed by atoms with Gasteiger partial charge in [0.15, 0.2) is 0 Å². The number of hydrogen-bond acceptors (Lipinski definition) is 4. The van der Waals surface area contributed by atoms with E-state index in [1.165, 1.54) is 0 Å². The molecule has 3 rings (SSSR count). The Hall–Kier alpha value is -1.36. The molecule has 2 aliphatic heterocycles. The van der Waals surface area contributed by atoms with Gasteiger partial charge in [0.2, 0.25) is 0 Å². The third kappa shape index (κ3) is 2.81. The van der Waals surface area contributed by atoms with Crippen LogP contribution in [0.4, 0.5) is 0 Å². The predicted molar refractivity (Wildman–Crippen MR) is 73.9 cm³/mol. The number of likely N-dealkylation sites (tertiary alicyclic amines) is 1. The molecule has 102 valence electrons. The van der Waals surface area contributed by atoms with E-state index in [1.54, 1.807) is 17.6 Å². The zero-order valence-corrected chi connectivity index (χ0v) is 11.7. The molecule has 1 aromatic heterocycles. The van der Waals surface area contributed by atoms with Gasteiger partial charge in [-0.25, -0.2) is 4.98 Å². The Balaban J connectivity index is 1.68. The van der Waals surface area contributed by atoms with Gasteiger partial charge in [-0.2, -0.15) is 0 Å². The highest BCUT2D eigenvalue weighted by molar-refractivity contribution is 7.09. The van der Waals surface area contributed by atoms with E-state index in [2.05, 4.69) is 4.98 Å². The van der Waals surface area contributed by atoms with Gasteiger partial charge in [0.1, 0.15) is 0 Å². The van der Waals surface area contributed by atoms with E-state index in [1.807, 2.05) is 16.5 Å². The molecule has 0 radical (unpaired) electrons. The van der Waals surface area contributed by atoms with Crippen molar-refractivity contribution < 1.29 is 9.53 Å². The van der Waals surface area contributed by atoms with E-state index in [9.17, 15) is 4.79 Å². The van der Waals surface area contributed by atoms with Gasteiger partial charge < -0.3 is 9.64 Å². The fourth-order valence-corrected chi connectivity index (χ4v) is 3.49. The molecule has 1 fully saturated rings. The van der Waals surface area contributed by atoms with Crippen LogP contribution in [0.2, 0.25) is 0 Å². The smallest absolute Gasteiger partial charge is 0.252 e. The highest BCUT2D eigenvalue weighted by Gasteiger charge is 2.28. The molecule has 3 heterocycles. The van der Waals surface area contributed by atoms with Crippen molar-refractivity contribution in [3.8, 4) is 0 Å². The van der Waals surface area contributed by atoms with Crippen LogP contribution >= 0.6 is 11.3 Å². The van der Waals surface area contributed by atoms with E-state index >= 15 is 0 Å². The van der Waals surface area contributed by atoms with Crippen LogP contribution in [0.3, 0.4) is 0 Å². The van der Waals surface area contributed by atoms with Gasteiger partial charge in [0, 0.05) is 30.6 Å². The lowest BCUT2D eigenvalue weighted by molar-refractivity contribution is -0.128. The van der Waals surface area contributed by atoms with Crippen molar-refractivity contribution in [2.45, 2.75) is 31.6 Å². The van der Waals surface area contributed by atoms with Gasteiger partial charge in [0.25, 0.3) is 5.91 Å². The molecule has 0 spiro atoms. The number of piperidine rings is 1. The monoisotopic (exact) mass is 278 g/mol. The van der Waals surface area contributed by atoms with Gasteiger partial charge in [0.05, 0.1) is 23.4 Å². The fourth-order valence-electron chi connectivity index (χ4n) is 2.72. The maximum absolute atomic E-state index is 12.4. The van der Waals surface area contributed by atoms with Crippen LogP contribution in [0.1, 0.15) is 36.6 Å². The first-order chi connectivity index (χ1) is 9.34. The highest BCUT2D eigenvalue weighted by atomic mass is 32.1. The summed E-state index contributed by atoms with van der Waals surface area (Å²) < 4.78 is 5.27. The maximum Gasteiger partial charge on any atom is 0.252 e. The second-order valence-corrected chi connectivity index (χ2v) is 6.00. The Bertz CT molecular complexity index is 470. The molecule has 1 unspecified atom stereocenters. The van der Waals surface area contributed by atoms with Crippen LogP contribution in [0.25, 0.3) is 0 Å². The Labute approximate surface area is 117 Å². The zero-order chi connectivity index (χ0) is 13.1. The number of amides is 1. The van der Waals surface area contributed by atoms with Crippen molar-refractivity contribution in [2.75, 3.05) is 19.7 Å². The molecule has 1 aromatic rings. The van der Waals surface area contributed by atoms with E-state index < -0.39 is 0 Å². The third-order valence-corrected chi connectivity index (χ3v) is 4.66. The zero-order valence-electron chi connectivity index (χ0n) is 10.9. The molecule has 0 N–H and O–H groups in total. The summed E-state index contributed by atoms with van der Waals surface area (Å²) in [5.74, 6) is 0.559. The van der Waals surface area contributed by atoms with Gasteiger partial charge in [-0.3, -0.25) is 4.79 Å². The van der Waals surface area contributed by atoms with Gasteiger partial charge in [-0.05, 0) is 25.7 Å². The Morgan fingerprint density at radius 1 is 1.47 bits per heavy atom. The normalized spacial score (nSPS) is 23.7. The third-order valence-electron chi connectivity index (χ3n) is 3.72. The Kier molecular flexibility index (Phi) is 3.82. The molecule has 0 aromatic carbocycles. The number of thiazole rings is 1. The minimum absolute atomic E-state index is 0.154. The number of ether oxygens (including phenoxy) is 1. The first-order valence-electron chi connectivity index (χ1n) is 6.84. The lowest BCUT2D eigenvalue weighted by atomic mass is 9.97. The van der Waals surface area contributed by atoms with Crippen molar-refractivity contribution in [3.05, 3.63) is 28.4 Å². The molecule has 5 heteroatoms. The SMILES string of the molecule is O=C(C1=COCCC1)N1CCCC(c2nccs2)C1.